The molecule has 172 valence electrons. The molecule has 2 aromatic rings. The molecule has 3 atom stereocenters. The number of fused-ring (bicyclic) bond motifs is 1. The van der Waals surface area contributed by atoms with Crippen LogP contribution in [0.3, 0.4) is 0 Å². The minimum atomic E-state index is -1.06. The van der Waals surface area contributed by atoms with Crippen molar-refractivity contribution >= 4 is 28.4 Å². The molecule has 1 N–H and O–H groups in total. The van der Waals surface area contributed by atoms with Gasteiger partial charge in [-0.05, 0) is 79.0 Å². The van der Waals surface area contributed by atoms with Crippen molar-refractivity contribution in [3.05, 3.63) is 65.0 Å². The van der Waals surface area contributed by atoms with E-state index < -0.39 is 27.7 Å². The summed E-state index contributed by atoms with van der Waals surface area (Å²) in [5.74, 6) is -1.25. The zero-order valence-corrected chi connectivity index (χ0v) is 20.3. The monoisotopic (exact) mass is 457 g/mol. The first-order chi connectivity index (χ1) is 15.1. The van der Waals surface area contributed by atoms with E-state index in [1.54, 1.807) is 12.3 Å². The van der Waals surface area contributed by atoms with Crippen molar-refractivity contribution in [1.82, 2.24) is 4.90 Å². The highest BCUT2D eigenvalue weighted by Gasteiger charge is 2.59. The van der Waals surface area contributed by atoms with Crippen LogP contribution in [0.2, 0.25) is 0 Å². The van der Waals surface area contributed by atoms with Crippen LogP contribution in [0, 0.1) is 5.82 Å². The standard InChI is InChI=1S/C26H32FNO3S/c1-6-26(17-24(29)30)23-16-19(27)11-14-21(23)22(25(26,4)28(7-2)8-3)15-18-9-12-20(13-10-18)32(5)31/h9-16H,6-8,17H2,1-5H3,(H,29,30). The maximum absolute atomic E-state index is 14.5. The van der Waals surface area contributed by atoms with Crippen LogP contribution >= 0.6 is 0 Å². The fraction of sp³-hybridized carbons (Fsp3) is 0.423. The average molecular weight is 458 g/mol. The average Bonchev–Trinajstić information content (AvgIpc) is 2.94. The number of carboxylic acids is 1. The number of aliphatic carboxylic acids is 1. The Morgan fingerprint density at radius 1 is 1.12 bits per heavy atom. The fourth-order valence-electron chi connectivity index (χ4n) is 5.58. The maximum atomic E-state index is 14.5. The first-order valence-electron chi connectivity index (χ1n) is 11.1. The van der Waals surface area contributed by atoms with Gasteiger partial charge < -0.3 is 5.11 Å². The lowest BCUT2D eigenvalue weighted by Crippen LogP contribution is -2.58. The summed E-state index contributed by atoms with van der Waals surface area (Å²) in [6.07, 6.45) is 4.21. The van der Waals surface area contributed by atoms with Gasteiger partial charge in [-0.15, -0.1) is 0 Å². The largest absolute Gasteiger partial charge is 0.481 e. The summed E-state index contributed by atoms with van der Waals surface area (Å²) in [5, 5.41) is 9.92. The molecule has 4 nitrogen and oxygen atoms in total. The number of carbonyl (C=O) groups is 1. The summed E-state index contributed by atoms with van der Waals surface area (Å²) >= 11 is 0. The number of nitrogens with zero attached hydrogens (tertiary/aromatic N) is 1. The van der Waals surface area contributed by atoms with E-state index in [1.807, 2.05) is 31.2 Å². The van der Waals surface area contributed by atoms with Crippen LogP contribution in [-0.2, 0) is 21.0 Å². The second kappa shape index (κ2) is 9.28. The Kier molecular flexibility index (Phi) is 7.06. The zero-order chi connectivity index (χ0) is 23.7. The van der Waals surface area contributed by atoms with Crippen molar-refractivity contribution in [2.75, 3.05) is 19.3 Å². The van der Waals surface area contributed by atoms with Gasteiger partial charge >= 0.3 is 5.97 Å². The molecule has 0 aromatic heterocycles. The molecule has 0 amide bonds. The van der Waals surface area contributed by atoms with Gasteiger partial charge in [0, 0.05) is 27.4 Å². The van der Waals surface area contributed by atoms with Gasteiger partial charge in [0.1, 0.15) is 5.82 Å². The number of hydrogen-bond acceptors (Lipinski definition) is 3. The molecule has 6 heteroatoms. The van der Waals surface area contributed by atoms with E-state index in [-0.39, 0.29) is 12.2 Å². The van der Waals surface area contributed by atoms with Crippen LogP contribution in [0.5, 0.6) is 0 Å². The van der Waals surface area contributed by atoms with E-state index in [9.17, 15) is 18.5 Å². The second-order valence-corrected chi connectivity index (χ2v) is 9.90. The van der Waals surface area contributed by atoms with E-state index >= 15 is 0 Å². The SMILES string of the molecule is CCN(CC)C1(C)C(=Cc2ccc(S(C)=O)cc2)c2ccc(F)cc2C1(CC)CC(=O)O. The predicted octanol–water partition coefficient (Wildman–Crippen LogP) is 5.34. The smallest absolute Gasteiger partial charge is 0.304 e. The molecule has 3 rings (SSSR count). The van der Waals surface area contributed by atoms with E-state index in [1.165, 1.54) is 12.1 Å². The Morgan fingerprint density at radius 2 is 1.75 bits per heavy atom. The Morgan fingerprint density at radius 3 is 2.25 bits per heavy atom. The van der Waals surface area contributed by atoms with Crippen molar-refractivity contribution < 1.29 is 18.5 Å². The van der Waals surface area contributed by atoms with Crippen molar-refractivity contribution in [3.63, 3.8) is 0 Å². The number of hydrogen-bond donors (Lipinski definition) is 1. The third-order valence-corrected chi connectivity index (χ3v) is 8.16. The molecule has 0 bridgehead atoms. The van der Waals surface area contributed by atoms with Crippen molar-refractivity contribution in [1.29, 1.82) is 0 Å². The summed E-state index contributed by atoms with van der Waals surface area (Å²) in [4.78, 5) is 15.1. The highest BCUT2D eigenvalue weighted by Crippen LogP contribution is 2.59. The van der Waals surface area contributed by atoms with Crippen LogP contribution < -0.4 is 0 Å². The van der Waals surface area contributed by atoms with Crippen LogP contribution in [0.15, 0.2) is 47.4 Å². The third-order valence-electron chi connectivity index (χ3n) is 7.22. The minimum Gasteiger partial charge on any atom is -0.481 e. The van der Waals surface area contributed by atoms with Crippen molar-refractivity contribution in [2.45, 2.75) is 56.4 Å². The van der Waals surface area contributed by atoms with Gasteiger partial charge in [-0.2, -0.15) is 0 Å². The Bertz CT molecular complexity index is 1060. The third kappa shape index (κ3) is 3.84. The van der Waals surface area contributed by atoms with E-state index in [0.29, 0.717) is 6.42 Å². The first-order valence-corrected chi connectivity index (χ1v) is 12.6. The van der Waals surface area contributed by atoms with Crippen LogP contribution in [0.4, 0.5) is 4.39 Å². The lowest BCUT2D eigenvalue weighted by atomic mass is 9.64. The Labute approximate surface area is 192 Å². The zero-order valence-electron chi connectivity index (χ0n) is 19.4. The number of carboxylic acid groups (broad SMARTS) is 1. The Hall–Kier alpha value is -2.31. The summed E-state index contributed by atoms with van der Waals surface area (Å²) < 4.78 is 26.3. The molecular formula is C26H32FNO3S. The van der Waals surface area contributed by atoms with Crippen LogP contribution in [0.25, 0.3) is 11.6 Å². The van der Waals surface area contributed by atoms with E-state index in [0.717, 1.165) is 40.2 Å². The molecule has 0 fully saturated rings. The summed E-state index contributed by atoms with van der Waals surface area (Å²) in [6.45, 7) is 9.70. The first kappa shape index (κ1) is 24.3. The molecule has 0 radical (unpaired) electrons. The van der Waals surface area contributed by atoms with Gasteiger partial charge in [0.25, 0.3) is 0 Å². The molecule has 1 aliphatic rings. The lowest BCUT2D eigenvalue weighted by molar-refractivity contribution is -0.139. The number of halogens is 1. The highest BCUT2D eigenvalue weighted by molar-refractivity contribution is 7.84. The van der Waals surface area contributed by atoms with Gasteiger partial charge in [-0.25, -0.2) is 4.39 Å². The summed E-state index contributed by atoms with van der Waals surface area (Å²) in [5.41, 5.74) is 2.15. The second-order valence-electron chi connectivity index (χ2n) is 8.52. The normalized spacial score (nSPS) is 24.7. The minimum absolute atomic E-state index is 0.0853. The lowest BCUT2D eigenvalue weighted by Gasteiger charge is -2.51. The molecule has 3 unspecified atom stereocenters. The van der Waals surface area contributed by atoms with Crippen LogP contribution in [0.1, 0.15) is 57.2 Å². The number of benzene rings is 2. The molecule has 0 saturated heterocycles. The maximum Gasteiger partial charge on any atom is 0.304 e. The van der Waals surface area contributed by atoms with Crippen molar-refractivity contribution in [2.24, 2.45) is 0 Å². The molecule has 0 heterocycles. The molecule has 0 saturated carbocycles. The Balaban J connectivity index is 2.35. The van der Waals surface area contributed by atoms with Gasteiger partial charge in [-0.3, -0.25) is 13.9 Å². The van der Waals surface area contributed by atoms with E-state index in [2.05, 4.69) is 31.7 Å². The van der Waals surface area contributed by atoms with Gasteiger partial charge in [0.2, 0.25) is 0 Å². The number of likely N-dealkylation sites (N-methyl/N-ethyl adjacent to an activating group) is 1. The fourth-order valence-corrected chi connectivity index (χ4v) is 6.10. The van der Waals surface area contributed by atoms with Gasteiger partial charge in [0.05, 0.1) is 12.0 Å². The van der Waals surface area contributed by atoms with Gasteiger partial charge in [-0.1, -0.05) is 39.0 Å². The summed E-state index contributed by atoms with van der Waals surface area (Å²) in [7, 11) is -1.06. The molecular weight excluding hydrogens is 425 g/mol. The highest BCUT2D eigenvalue weighted by atomic mass is 32.2. The van der Waals surface area contributed by atoms with E-state index in [4.69, 9.17) is 0 Å². The molecule has 32 heavy (non-hydrogen) atoms. The van der Waals surface area contributed by atoms with Gasteiger partial charge in [0.15, 0.2) is 0 Å². The molecule has 1 aliphatic carbocycles. The van der Waals surface area contributed by atoms with Crippen LogP contribution in [-0.4, -0.2) is 45.1 Å². The van der Waals surface area contributed by atoms with Crippen molar-refractivity contribution in [3.8, 4) is 0 Å². The number of rotatable bonds is 8. The molecule has 0 aliphatic heterocycles. The molecule has 0 spiro atoms. The predicted molar refractivity (Wildman–Crippen MR) is 129 cm³/mol. The molecule has 2 aromatic carbocycles. The quantitative estimate of drug-likeness (QED) is 0.581. The topological polar surface area (TPSA) is 57.6 Å². The summed E-state index contributed by atoms with van der Waals surface area (Å²) in [6, 6.07) is 12.3.